The highest BCUT2D eigenvalue weighted by molar-refractivity contribution is 7.13. The third kappa shape index (κ3) is 2.86. The smallest absolute Gasteiger partial charge is 0.407 e. The topological polar surface area (TPSA) is 67.6 Å². The lowest BCUT2D eigenvalue weighted by Gasteiger charge is -2.37. The van der Waals surface area contributed by atoms with E-state index in [1.807, 2.05) is 24.4 Å². The summed E-state index contributed by atoms with van der Waals surface area (Å²) in [5.74, 6) is 1.54. The molecule has 1 spiro atoms. The number of aromatic nitrogens is 1. The molecule has 2 fully saturated rings. The molecule has 4 rings (SSSR count). The summed E-state index contributed by atoms with van der Waals surface area (Å²) >= 11 is 1.62. The average Bonchev–Trinajstić information content (AvgIpc) is 3.23. The first-order valence-corrected chi connectivity index (χ1v) is 8.71. The predicted molar refractivity (Wildman–Crippen MR) is 86.3 cm³/mol. The van der Waals surface area contributed by atoms with E-state index in [1.54, 1.807) is 11.3 Å². The lowest BCUT2D eigenvalue weighted by Crippen LogP contribution is -2.50. The zero-order valence-corrected chi connectivity index (χ0v) is 13.8. The summed E-state index contributed by atoms with van der Waals surface area (Å²) in [7, 11) is 0. The maximum atomic E-state index is 11.4. The van der Waals surface area contributed by atoms with Crippen LogP contribution >= 0.6 is 11.3 Å². The van der Waals surface area contributed by atoms with Crippen molar-refractivity contribution in [2.24, 2.45) is 0 Å². The summed E-state index contributed by atoms with van der Waals surface area (Å²) in [5.41, 5.74) is 0.589. The van der Waals surface area contributed by atoms with Crippen molar-refractivity contribution in [3.8, 4) is 10.8 Å². The molecule has 0 bridgehead atoms. The van der Waals surface area contributed by atoms with E-state index in [-0.39, 0.29) is 11.7 Å². The summed E-state index contributed by atoms with van der Waals surface area (Å²) in [6.07, 6.45) is 1.63. The van der Waals surface area contributed by atoms with Crippen molar-refractivity contribution in [2.45, 2.75) is 31.9 Å². The van der Waals surface area contributed by atoms with Crippen molar-refractivity contribution < 1.29 is 13.9 Å². The molecule has 0 aliphatic carbocycles. The molecule has 2 aliphatic heterocycles. The number of nitrogens with one attached hydrogen (secondary N) is 1. The van der Waals surface area contributed by atoms with E-state index in [4.69, 9.17) is 9.15 Å². The van der Waals surface area contributed by atoms with Crippen LogP contribution in [-0.2, 0) is 11.3 Å². The Morgan fingerprint density at radius 3 is 3.17 bits per heavy atom. The number of nitrogens with zero attached hydrogens (tertiary/aromatic N) is 2. The minimum absolute atomic E-state index is 0.301. The summed E-state index contributed by atoms with van der Waals surface area (Å²) in [4.78, 5) is 19.4. The van der Waals surface area contributed by atoms with Gasteiger partial charge in [-0.15, -0.1) is 11.3 Å². The first-order chi connectivity index (χ1) is 11.1. The Balaban J connectivity index is 1.49. The molecule has 2 aliphatic rings. The standard InChI is InChI=1S/C16H19N3O3S/c1-11-12(18-14(21-11)13-4-2-7-23-13)8-19-6-3-5-16(10-19)9-17-15(20)22-16/h2,4,7H,3,5-6,8-10H2,1H3,(H,17,20). The monoisotopic (exact) mass is 333 g/mol. The fraction of sp³-hybridized carbons (Fsp3) is 0.500. The van der Waals surface area contributed by atoms with Crippen molar-refractivity contribution in [2.75, 3.05) is 19.6 Å². The summed E-state index contributed by atoms with van der Waals surface area (Å²) in [5, 5.41) is 4.80. The molecule has 6 nitrogen and oxygen atoms in total. The molecule has 2 saturated heterocycles. The minimum Gasteiger partial charge on any atom is -0.440 e. The van der Waals surface area contributed by atoms with Gasteiger partial charge in [0.1, 0.15) is 11.4 Å². The first kappa shape index (κ1) is 14.7. The van der Waals surface area contributed by atoms with Gasteiger partial charge in [-0.1, -0.05) is 6.07 Å². The van der Waals surface area contributed by atoms with Gasteiger partial charge >= 0.3 is 6.09 Å². The molecule has 1 unspecified atom stereocenters. The normalized spacial score (nSPS) is 24.8. The van der Waals surface area contributed by atoms with Crippen LogP contribution in [0.2, 0.25) is 0 Å². The predicted octanol–water partition coefficient (Wildman–Crippen LogP) is 2.79. The number of amides is 1. The molecule has 2 aromatic heterocycles. The summed E-state index contributed by atoms with van der Waals surface area (Å²) in [6.45, 7) is 5.00. The van der Waals surface area contributed by atoms with Gasteiger partial charge in [-0.05, 0) is 37.8 Å². The van der Waals surface area contributed by atoms with Gasteiger partial charge in [0.2, 0.25) is 5.89 Å². The second kappa shape index (κ2) is 5.65. The van der Waals surface area contributed by atoms with Crippen LogP contribution < -0.4 is 5.32 Å². The number of carbonyl (C=O) groups excluding carboxylic acids is 1. The number of alkyl carbamates (subject to hydrolysis) is 1. The molecule has 2 aromatic rings. The van der Waals surface area contributed by atoms with Crippen LogP contribution in [0.5, 0.6) is 0 Å². The SMILES string of the molecule is Cc1oc(-c2cccs2)nc1CN1CCCC2(CNC(=O)O2)C1. The molecule has 23 heavy (non-hydrogen) atoms. The van der Waals surface area contributed by atoms with Crippen LogP contribution in [-0.4, -0.2) is 41.2 Å². The number of piperidine rings is 1. The second-order valence-corrected chi connectivity index (χ2v) is 7.19. The molecule has 0 radical (unpaired) electrons. The van der Waals surface area contributed by atoms with Gasteiger partial charge in [0.25, 0.3) is 0 Å². The number of hydrogen-bond acceptors (Lipinski definition) is 6. The van der Waals surface area contributed by atoms with E-state index in [2.05, 4.69) is 15.2 Å². The Morgan fingerprint density at radius 2 is 2.43 bits per heavy atom. The van der Waals surface area contributed by atoms with Gasteiger partial charge in [0.05, 0.1) is 17.1 Å². The average molecular weight is 333 g/mol. The molecule has 122 valence electrons. The zero-order valence-electron chi connectivity index (χ0n) is 13.0. The van der Waals surface area contributed by atoms with Crippen LogP contribution in [0, 0.1) is 6.92 Å². The largest absolute Gasteiger partial charge is 0.440 e. The Labute approximate surface area is 138 Å². The Hall–Kier alpha value is -1.86. The molecule has 1 amide bonds. The van der Waals surface area contributed by atoms with E-state index in [0.717, 1.165) is 48.8 Å². The van der Waals surface area contributed by atoms with Crippen LogP contribution in [0.4, 0.5) is 4.79 Å². The Bertz CT molecular complexity index is 712. The first-order valence-electron chi connectivity index (χ1n) is 7.83. The number of ether oxygens (including phenoxy) is 1. The van der Waals surface area contributed by atoms with Crippen LogP contribution in [0.3, 0.4) is 0 Å². The summed E-state index contributed by atoms with van der Waals surface area (Å²) < 4.78 is 11.3. The quantitative estimate of drug-likeness (QED) is 0.935. The number of aryl methyl sites for hydroxylation is 1. The maximum absolute atomic E-state index is 11.4. The van der Waals surface area contributed by atoms with E-state index in [9.17, 15) is 4.79 Å². The fourth-order valence-corrected chi connectivity index (χ4v) is 4.00. The van der Waals surface area contributed by atoms with E-state index >= 15 is 0 Å². The number of rotatable bonds is 3. The van der Waals surface area contributed by atoms with Gasteiger partial charge in [-0.25, -0.2) is 9.78 Å². The highest BCUT2D eigenvalue weighted by Gasteiger charge is 2.43. The van der Waals surface area contributed by atoms with Crippen molar-refractivity contribution in [3.05, 3.63) is 29.0 Å². The molecule has 4 heterocycles. The number of thiophene rings is 1. The Kier molecular flexibility index (Phi) is 3.61. The third-order valence-electron chi connectivity index (χ3n) is 4.48. The molecular formula is C16H19N3O3S. The number of hydrogen-bond donors (Lipinski definition) is 1. The molecular weight excluding hydrogens is 314 g/mol. The number of carbonyl (C=O) groups is 1. The Morgan fingerprint density at radius 1 is 1.52 bits per heavy atom. The van der Waals surface area contributed by atoms with Crippen LogP contribution in [0.1, 0.15) is 24.3 Å². The second-order valence-electron chi connectivity index (χ2n) is 6.24. The van der Waals surface area contributed by atoms with E-state index < -0.39 is 0 Å². The lowest BCUT2D eigenvalue weighted by molar-refractivity contribution is -0.0115. The van der Waals surface area contributed by atoms with E-state index in [0.29, 0.717) is 12.4 Å². The fourth-order valence-electron chi connectivity index (χ4n) is 3.35. The lowest BCUT2D eigenvalue weighted by atomic mass is 9.93. The summed E-state index contributed by atoms with van der Waals surface area (Å²) in [6, 6.07) is 4.01. The zero-order chi connectivity index (χ0) is 15.9. The van der Waals surface area contributed by atoms with Crippen molar-refractivity contribution in [3.63, 3.8) is 0 Å². The van der Waals surface area contributed by atoms with Crippen molar-refractivity contribution >= 4 is 17.4 Å². The minimum atomic E-state index is -0.371. The van der Waals surface area contributed by atoms with Gasteiger partial charge in [-0.3, -0.25) is 4.90 Å². The van der Waals surface area contributed by atoms with Gasteiger partial charge < -0.3 is 14.5 Å². The van der Waals surface area contributed by atoms with Crippen LogP contribution in [0.15, 0.2) is 21.9 Å². The van der Waals surface area contributed by atoms with Crippen molar-refractivity contribution in [1.29, 1.82) is 0 Å². The molecule has 0 saturated carbocycles. The highest BCUT2D eigenvalue weighted by Crippen LogP contribution is 2.30. The molecule has 1 N–H and O–H groups in total. The third-order valence-corrected chi connectivity index (χ3v) is 5.34. The molecule has 1 atom stereocenters. The van der Waals surface area contributed by atoms with Crippen molar-refractivity contribution in [1.82, 2.24) is 15.2 Å². The van der Waals surface area contributed by atoms with Gasteiger partial charge in [0, 0.05) is 13.1 Å². The molecule has 0 aromatic carbocycles. The number of likely N-dealkylation sites (tertiary alicyclic amines) is 1. The molecule has 7 heteroatoms. The van der Waals surface area contributed by atoms with Gasteiger partial charge in [-0.2, -0.15) is 0 Å². The van der Waals surface area contributed by atoms with Crippen LogP contribution in [0.25, 0.3) is 10.8 Å². The number of oxazole rings is 1. The van der Waals surface area contributed by atoms with Gasteiger partial charge in [0.15, 0.2) is 0 Å². The van der Waals surface area contributed by atoms with E-state index in [1.165, 1.54) is 0 Å². The highest BCUT2D eigenvalue weighted by atomic mass is 32.1. The maximum Gasteiger partial charge on any atom is 0.407 e.